The van der Waals surface area contributed by atoms with E-state index in [1.54, 1.807) is 0 Å². The fourth-order valence-electron chi connectivity index (χ4n) is 2.74. The first kappa shape index (κ1) is 13.5. The molecule has 1 saturated heterocycles. The van der Waals surface area contributed by atoms with Crippen molar-refractivity contribution in [3.05, 3.63) is 0 Å². The molecule has 0 aromatic carbocycles. The molecule has 3 heteroatoms. The standard InChI is InChI=1S/C13H25NO2/c1-3-13(4-2)7-5-9-14(11-8-13)10-6-12(15)16/h3-11H2,1-2H3,(H,15,16). The lowest BCUT2D eigenvalue weighted by Crippen LogP contribution is -2.28. The average Bonchev–Trinajstić information content (AvgIpc) is 2.49. The Labute approximate surface area is 98.8 Å². The van der Waals surface area contributed by atoms with Crippen LogP contribution >= 0.6 is 0 Å². The van der Waals surface area contributed by atoms with E-state index in [-0.39, 0.29) is 6.42 Å². The Balaban J connectivity index is 2.42. The number of hydrogen-bond donors (Lipinski definition) is 1. The van der Waals surface area contributed by atoms with E-state index in [9.17, 15) is 4.79 Å². The zero-order valence-electron chi connectivity index (χ0n) is 10.7. The second-order valence-corrected chi connectivity index (χ2v) is 5.05. The lowest BCUT2D eigenvalue weighted by molar-refractivity contribution is -0.137. The molecule has 94 valence electrons. The normalized spacial score (nSPS) is 21.6. The van der Waals surface area contributed by atoms with Crippen molar-refractivity contribution < 1.29 is 9.90 Å². The molecule has 0 unspecified atom stereocenters. The number of aliphatic carboxylic acids is 1. The minimum absolute atomic E-state index is 0.283. The minimum atomic E-state index is -0.679. The number of carboxylic acids is 1. The van der Waals surface area contributed by atoms with Gasteiger partial charge in [-0.2, -0.15) is 0 Å². The Hall–Kier alpha value is -0.570. The minimum Gasteiger partial charge on any atom is -0.481 e. The fourth-order valence-corrected chi connectivity index (χ4v) is 2.74. The van der Waals surface area contributed by atoms with Crippen LogP contribution in [-0.4, -0.2) is 35.6 Å². The molecule has 1 rings (SSSR count). The molecule has 0 amide bonds. The average molecular weight is 227 g/mol. The Bertz CT molecular complexity index is 224. The molecule has 0 aromatic heterocycles. The van der Waals surface area contributed by atoms with Crippen LogP contribution in [0.25, 0.3) is 0 Å². The molecule has 1 N–H and O–H groups in total. The van der Waals surface area contributed by atoms with Gasteiger partial charge in [0.2, 0.25) is 0 Å². The van der Waals surface area contributed by atoms with E-state index in [1.807, 2.05) is 0 Å². The number of hydrogen-bond acceptors (Lipinski definition) is 2. The highest BCUT2D eigenvalue weighted by Crippen LogP contribution is 2.37. The zero-order valence-corrected chi connectivity index (χ0v) is 10.7. The SMILES string of the molecule is CCC1(CC)CCCN(CCC(=O)O)CC1. The lowest BCUT2D eigenvalue weighted by atomic mass is 9.76. The maximum atomic E-state index is 10.5. The van der Waals surface area contributed by atoms with E-state index >= 15 is 0 Å². The van der Waals surface area contributed by atoms with Gasteiger partial charge in [0.05, 0.1) is 6.42 Å². The van der Waals surface area contributed by atoms with Crippen LogP contribution in [0.4, 0.5) is 0 Å². The van der Waals surface area contributed by atoms with Gasteiger partial charge in [0.25, 0.3) is 0 Å². The molecular formula is C13H25NO2. The summed E-state index contributed by atoms with van der Waals surface area (Å²) in [6.07, 6.45) is 6.57. The van der Waals surface area contributed by atoms with E-state index in [1.165, 1.54) is 32.1 Å². The van der Waals surface area contributed by atoms with Crippen molar-refractivity contribution in [3.63, 3.8) is 0 Å². The van der Waals surface area contributed by atoms with Crippen molar-refractivity contribution in [1.82, 2.24) is 4.90 Å². The predicted molar refractivity (Wildman–Crippen MR) is 65.6 cm³/mol. The van der Waals surface area contributed by atoms with E-state index in [4.69, 9.17) is 5.11 Å². The molecule has 0 saturated carbocycles. The van der Waals surface area contributed by atoms with E-state index < -0.39 is 5.97 Å². The Morgan fingerprint density at radius 1 is 1.25 bits per heavy atom. The molecular weight excluding hydrogens is 202 g/mol. The van der Waals surface area contributed by atoms with Crippen molar-refractivity contribution >= 4 is 5.97 Å². The molecule has 16 heavy (non-hydrogen) atoms. The highest BCUT2D eigenvalue weighted by Gasteiger charge is 2.28. The van der Waals surface area contributed by atoms with Gasteiger partial charge in [-0.3, -0.25) is 4.79 Å². The van der Waals surface area contributed by atoms with Crippen molar-refractivity contribution in [3.8, 4) is 0 Å². The van der Waals surface area contributed by atoms with Gasteiger partial charge in [-0.25, -0.2) is 0 Å². The van der Waals surface area contributed by atoms with Gasteiger partial charge >= 0.3 is 5.97 Å². The number of nitrogens with zero attached hydrogens (tertiary/aromatic N) is 1. The molecule has 1 aliphatic heterocycles. The second-order valence-electron chi connectivity index (χ2n) is 5.05. The summed E-state index contributed by atoms with van der Waals surface area (Å²) in [7, 11) is 0. The summed E-state index contributed by atoms with van der Waals surface area (Å²) < 4.78 is 0. The molecule has 1 aliphatic rings. The summed E-state index contributed by atoms with van der Waals surface area (Å²) in [6, 6.07) is 0. The third kappa shape index (κ3) is 3.78. The van der Waals surface area contributed by atoms with Gasteiger partial charge in [-0.15, -0.1) is 0 Å². The molecule has 0 aliphatic carbocycles. The third-order valence-electron chi connectivity index (χ3n) is 4.28. The van der Waals surface area contributed by atoms with E-state index in [0.29, 0.717) is 5.41 Å². The Morgan fingerprint density at radius 2 is 1.94 bits per heavy atom. The van der Waals surface area contributed by atoms with Crippen LogP contribution < -0.4 is 0 Å². The van der Waals surface area contributed by atoms with Crippen LogP contribution in [0, 0.1) is 5.41 Å². The van der Waals surface area contributed by atoms with Gasteiger partial charge in [-0.05, 0) is 37.8 Å². The topological polar surface area (TPSA) is 40.5 Å². The Kier molecular flexibility index (Phi) is 5.26. The van der Waals surface area contributed by atoms with Gasteiger partial charge < -0.3 is 10.0 Å². The first-order valence-corrected chi connectivity index (χ1v) is 6.56. The molecule has 0 radical (unpaired) electrons. The summed E-state index contributed by atoms with van der Waals surface area (Å²) >= 11 is 0. The molecule has 0 spiro atoms. The van der Waals surface area contributed by atoms with Crippen molar-refractivity contribution in [1.29, 1.82) is 0 Å². The smallest absolute Gasteiger partial charge is 0.304 e. The molecule has 1 heterocycles. The van der Waals surface area contributed by atoms with Crippen molar-refractivity contribution in [2.45, 2.75) is 52.4 Å². The van der Waals surface area contributed by atoms with Gasteiger partial charge in [0.15, 0.2) is 0 Å². The predicted octanol–water partition coefficient (Wildman–Crippen LogP) is 2.75. The zero-order chi connectivity index (χ0) is 12.0. The van der Waals surface area contributed by atoms with Crippen LogP contribution in [0.3, 0.4) is 0 Å². The van der Waals surface area contributed by atoms with Crippen LogP contribution in [0.2, 0.25) is 0 Å². The van der Waals surface area contributed by atoms with Gasteiger partial charge in [-0.1, -0.05) is 26.7 Å². The first-order valence-electron chi connectivity index (χ1n) is 6.56. The highest BCUT2D eigenvalue weighted by atomic mass is 16.4. The number of rotatable bonds is 5. The second kappa shape index (κ2) is 6.24. The first-order chi connectivity index (χ1) is 7.62. The number of likely N-dealkylation sites (tertiary alicyclic amines) is 1. The summed E-state index contributed by atoms with van der Waals surface area (Å²) in [6.45, 7) is 7.45. The van der Waals surface area contributed by atoms with Crippen LogP contribution in [0.15, 0.2) is 0 Å². The highest BCUT2D eigenvalue weighted by molar-refractivity contribution is 5.66. The summed E-state index contributed by atoms with van der Waals surface area (Å²) in [5.74, 6) is -0.679. The van der Waals surface area contributed by atoms with E-state index in [2.05, 4.69) is 18.7 Å². The summed E-state index contributed by atoms with van der Waals surface area (Å²) in [5.41, 5.74) is 0.526. The Morgan fingerprint density at radius 3 is 2.50 bits per heavy atom. The summed E-state index contributed by atoms with van der Waals surface area (Å²) in [4.78, 5) is 12.9. The largest absolute Gasteiger partial charge is 0.481 e. The quantitative estimate of drug-likeness (QED) is 0.785. The monoisotopic (exact) mass is 227 g/mol. The lowest BCUT2D eigenvalue weighted by Gasteiger charge is -2.30. The van der Waals surface area contributed by atoms with Crippen LogP contribution in [-0.2, 0) is 4.79 Å². The maximum Gasteiger partial charge on any atom is 0.304 e. The fraction of sp³-hybridized carbons (Fsp3) is 0.923. The van der Waals surface area contributed by atoms with Crippen LogP contribution in [0.5, 0.6) is 0 Å². The molecule has 0 bridgehead atoms. The van der Waals surface area contributed by atoms with Crippen molar-refractivity contribution in [2.75, 3.05) is 19.6 Å². The number of carboxylic acid groups (broad SMARTS) is 1. The molecule has 1 fully saturated rings. The number of carbonyl (C=O) groups is 1. The maximum absolute atomic E-state index is 10.5. The van der Waals surface area contributed by atoms with E-state index in [0.717, 1.165) is 19.6 Å². The van der Waals surface area contributed by atoms with Crippen molar-refractivity contribution in [2.24, 2.45) is 5.41 Å². The molecule has 0 aromatic rings. The van der Waals surface area contributed by atoms with Gasteiger partial charge in [0.1, 0.15) is 0 Å². The third-order valence-corrected chi connectivity index (χ3v) is 4.28. The molecule has 0 atom stereocenters. The van der Waals surface area contributed by atoms with Crippen LogP contribution in [0.1, 0.15) is 52.4 Å². The summed E-state index contributed by atoms with van der Waals surface area (Å²) in [5, 5.41) is 8.68. The van der Waals surface area contributed by atoms with Gasteiger partial charge in [0, 0.05) is 6.54 Å². The molecule has 3 nitrogen and oxygen atoms in total.